The zero-order valence-corrected chi connectivity index (χ0v) is 11.6. The largest absolute Gasteiger partial charge is 0.496 e. The molecule has 0 spiro atoms. The molecule has 0 bridgehead atoms. The highest BCUT2D eigenvalue weighted by Crippen LogP contribution is 2.37. The van der Waals surface area contributed by atoms with E-state index in [1.165, 1.54) is 0 Å². The molecule has 0 saturated carbocycles. The Morgan fingerprint density at radius 3 is 2.67 bits per heavy atom. The van der Waals surface area contributed by atoms with E-state index in [1.54, 1.807) is 7.11 Å². The first-order valence-corrected chi connectivity index (χ1v) is 6.74. The van der Waals surface area contributed by atoms with Gasteiger partial charge < -0.3 is 15.2 Å². The second kappa shape index (κ2) is 5.91. The van der Waals surface area contributed by atoms with Crippen LogP contribution >= 0.6 is 11.6 Å². The third-order valence-corrected chi connectivity index (χ3v) is 4.07. The fourth-order valence-electron chi connectivity index (χ4n) is 2.49. The van der Waals surface area contributed by atoms with Gasteiger partial charge in [0.05, 0.1) is 13.2 Å². The summed E-state index contributed by atoms with van der Waals surface area (Å²) in [5.74, 6) is 1.00. The number of aliphatic hydroxyl groups excluding tert-OH is 1. The highest BCUT2D eigenvalue weighted by atomic mass is 35.5. The Hall–Kier alpha value is -0.770. The minimum atomic E-state index is -0.500. The molecule has 3 nitrogen and oxygen atoms in total. The second-order valence-corrected chi connectivity index (χ2v) is 5.28. The van der Waals surface area contributed by atoms with Crippen molar-refractivity contribution in [2.75, 3.05) is 20.2 Å². The van der Waals surface area contributed by atoms with Crippen molar-refractivity contribution >= 4 is 11.6 Å². The summed E-state index contributed by atoms with van der Waals surface area (Å²) in [5, 5.41) is 14.5. The number of hydrogen-bond donors (Lipinski definition) is 2. The molecular weight excluding hydrogens is 250 g/mol. The van der Waals surface area contributed by atoms with E-state index < -0.39 is 6.10 Å². The monoisotopic (exact) mass is 269 g/mol. The number of aliphatic hydroxyl groups is 1. The summed E-state index contributed by atoms with van der Waals surface area (Å²) in [5.41, 5.74) is 1.77. The van der Waals surface area contributed by atoms with Crippen LogP contribution < -0.4 is 10.1 Å². The maximum atomic E-state index is 10.5. The van der Waals surface area contributed by atoms with E-state index in [0.29, 0.717) is 5.02 Å². The van der Waals surface area contributed by atoms with Crippen molar-refractivity contribution in [3.05, 3.63) is 28.3 Å². The quantitative estimate of drug-likeness (QED) is 0.887. The molecule has 1 unspecified atom stereocenters. The molecule has 0 radical (unpaired) electrons. The Bertz CT molecular complexity index is 417. The molecular formula is C14H20ClNO2. The average Bonchev–Trinajstić information content (AvgIpc) is 2.41. The summed E-state index contributed by atoms with van der Waals surface area (Å²) in [7, 11) is 1.63. The highest BCUT2D eigenvalue weighted by Gasteiger charge is 2.25. The van der Waals surface area contributed by atoms with Gasteiger partial charge in [-0.25, -0.2) is 0 Å². The number of hydrogen-bond acceptors (Lipinski definition) is 3. The Morgan fingerprint density at radius 1 is 1.39 bits per heavy atom. The molecule has 1 aliphatic heterocycles. The molecule has 2 N–H and O–H groups in total. The van der Waals surface area contributed by atoms with Crippen LogP contribution in [0.5, 0.6) is 5.75 Å². The number of methoxy groups -OCH3 is 1. The molecule has 2 rings (SSSR count). The Morgan fingerprint density at radius 2 is 2.06 bits per heavy atom. The van der Waals surface area contributed by atoms with Crippen molar-refractivity contribution in [1.29, 1.82) is 0 Å². The third kappa shape index (κ3) is 2.79. The van der Waals surface area contributed by atoms with Crippen LogP contribution in [0.15, 0.2) is 12.1 Å². The predicted molar refractivity (Wildman–Crippen MR) is 73.3 cm³/mol. The fourth-order valence-corrected chi connectivity index (χ4v) is 2.66. The van der Waals surface area contributed by atoms with E-state index in [2.05, 4.69) is 5.32 Å². The van der Waals surface area contributed by atoms with Crippen molar-refractivity contribution in [3.8, 4) is 5.75 Å². The summed E-state index contributed by atoms with van der Waals surface area (Å²) in [6, 6.07) is 3.73. The van der Waals surface area contributed by atoms with Gasteiger partial charge in [0.15, 0.2) is 0 Å². The van der Waals surface area contributed by atoms with Gasteiger partial charge in [-0.1, -0.05) is 11.6 Å². The van der Waals surface area contributed by atoms with E-state index in [-0.39, 0.29) is 5.92 Å². The number of benzene rings is 1. The lowest BCUT2D eigenvalue weighted by molar-refractivity contribution is 0.0865. The van der Waals surface area contributed by atoms with Crippen molar-refractivity contribution < 1.29 is 9.84 Å². The molecule has 0 aromatic heterocycles. The molecule has 1 saturated heterocycles. The third-order valence-electron chi connectivity index (χ3n) is 3.66. The van der Waals surface area contributed by atoms with Gasteiger partial charge in [-0.05, 0) is 56.5 Å². The minimum Gasteiger partial charge on any atom is -0.496 e. The molecule has 0 amide bonds. The van der Waals surface area contributed by atoms with Gasteiger partial charge in [-0.3, -0.25) is 0 Å². The maximum absolute atomic E-state index is 10.5. The summed E-state index contributed by atoms with van der Waals surface area (Å²) in [6.07, 6.45) is 1.46. The smallest absolute Gasteiger partial charge is 0.125 e. The molecule has 1 aliphatic rings. The van der Waals surface area contributed by atoms with Gasteiger partial charge in [-0.2, -0.15) is 0 Å². The normalized spacial score (nSPS) is 18.7. The number of halogens is 1. The minimum absolute atomic E-state index is 0.277. The molecule has 1 heterocycles. The molecule has 1 aromatic carbocycles. The molecule has 1 aromatic rings. The fraction of sp³-hybridized carbons (Fsp3) is 0.571. The highest BCUT2D eigenvalue weighted by molar-refractivity contribution is 6.31. The summed E-state index contributed by atoms with van der Waals surface area (Å²) in [4.78, 5) is 0. The van der Waals surface area contributed by atoms with Gasteiger partial charge in [0.25, 0.3) is 0 Å². The zero-order chi connectivity index (χ0) is 13.1. The van der Waals surface area contributed by atoms with Gasteiger partial charge in [0, 0.05) is 10.6 Å². The maximum Gasteiger partial charge on any atom is 0.125 e. The van der Waals surface area contributed by atoms with Gasteiger partial charge in [-0.15, -0.1) is 0 Å². The Labute approximate surface area is 113 Å². The molecule has 18 heavy (non-hydrogen) atoms. The van der Waals surface area contributed by atoms with E-state index in [9.17, 15) is 5.11 Å². The van der Waals surface area contributed by atoms with Crippen LogP contribution in [-0.2, 0) is 0 Å². The number of rotatable bonds is 3. The topological polar surface area (TPSA) is 41.5 Å². The standard InChI is InChI=1S/C14H20ClNO2/c1-9-7-13(18-2)11(8-12(9)15)14(17)10-3-5-16-6-4-10/h7-8,10,14,16-17H,3-6H2,1-2H3. The van der Waals surface area contributed by atoms with Crippen LogP contribution in [-0.4, -0.2) is 25.3 Å². The lowest BCUT2D eigenvalue weighted by Crippen LogP contribution is -2.31. The first-order chi connectivity index (χ1) is 8.63. The van der Waals surface area contributed by atoms with Crippen molar-refractivity contribution in [2.24, 2.45) is 5.92 Å². The Kier molecular flexibility index (Phi) is 4.49. The van der Waals surface area contributed by atoms with Gasteiger partial charge in [0.2, 0.25) is 0 Å². The summed E-state index contributed by atoms with van der Waals surface area (Å²) >= 11 is 6.15. The first kappa shape index (κ1) is 13.7. The van der Waals surface area contributed by atoms with Crippen LogP contribution in [0.1, 0.15) is 30.1 Å². The SMILES string of the molecule is COc1cc(C)c(Cl)cc1C(O)C1CCNCC1. The van der Waals surface area contributed by atoms with Crippen LogP contribution in [0.25, 0.3) is 0 Å². The number of aryl methyl sites for hydroxylation is 1. The Balaban J connectivity index is 2.27. The zero-order valence-electron chi connectivity index (χ0n) is 10.9. The number of ether oxygens (including phenoxy) is 1. The summed E-state index contributed by atoms with van der Waals surface area (Å²) in [6.45, 7) is 3.86. The molecule has 0 aliphatic carbocycles. The molecule has 1 fully saturated rings. The predicted octanol–water partition coefficient (Wildman–Crippen LogP) is 2.69. The van der Waals surface area contributed by atoms with Crippen molar-refractivity contribution in [2.45, 2.75) is 25.9 Å². The molecule has 4 heteroatoms. The summed E-state index contributed by atoms with van der Waals surface area (Å²) < 4.78 is 5.36. The van der Waals surface area contributed by atoms with E-state index in [4.69, 9.17) is 16.3 Å². The van der Waals surface area contributed by atoms with Crippen LogP contribution in [0.3, 0.4) is 0 Å². The second-order valence-electron chi connectivity index (χ2n) is 4.88. The number of nitrogens with one attached hydrogen (secondary N) is 1. The van der Waals surface area contributed by atoms with E-state index in [1.807, 2.05) is 19.1 Å². The van der Waals surface area contributed by atoms with Crippen LogP contribution in [0.2, 0.25) is 5.02 Å². The van der Waals surface area contributed by atoms with Crippen LogP contribution in [0, 0.1) is 12.8 Å². The van der Waals surface area contributed by atoms with E-state index in [0.717, 1.165) is 42.8 Å². The number of piperidine rings is 1. The first-order valence-electron chi connectivity index (χ1n) is 6.36. The molecule has 100 valence electrons. The lowest BCUT2D eigenvalue weighted by atomic mass is 9.87. The lowest BCUT2D eigenvalue weighted by Gasteiger charge is -2.28. The van der Waals surface area contributed by atoms with Gasteiger partial charge in [0.1, 0.15) is 5.75 Å². The van der Waals surface area contributed by atoms with Crippen molar-refractivity contribution in [1.82, 2.24) is 5.32 Å². The average molecular weight is 270 g/mol. The van der Waals surface area contributed by atoms with Crippen molar-refractivity contribution in [3.63, 3.8) is 0 Å². The molecule has 1 atom stereocenters. The van der Waals surface area contributed by atoms with Gasteiger partial charge >= 0.3 is 0 Å². The van der Waals surface area contributed by atoms with Crippen LogP contribution in [0.4, 0.5) is 0 Å². The van der Waals surface area contributed by atoms with E-state index >= 15 is 0 Å².